The van der Waals surface area contributed by atoms with Crippen molar-refractivity contribution in [1.29, 1.82) is 0 Å². The topological polar surface area (TPSA) is 138 Å². The van der Waals surface area contributed by atoms with Gasteiger partial charge < -0.3 is 19.9 Å². The van der Waals surface area contributed by atoms with Crippen LogP contribution in [0, 0.1) is 20.8 Å². The lowest BCUT2D eigenvalue weighted by Crippen LogP contribution is -2.38. The second kappa shape index (κ2) is 14.3. The van der Waals surface area contributed by atoms with Gasteiger partial charge in [-0.15, -0.1) is 0 Å². The molecule has 4 heterocycles. The van der Waals surface area contributed by atoms with Crippen LogP contribution in [0.15, 0.2) is 70.8 Å². The Bertz CT molecular complexity index is 2310. The molecular formula is C40H44N6O5S. The first-order valence-corrected chi connectivity index (χ1v) is 19.1. The summed E-state index contributed by atoms with van der Waals surface area (Å²) in [5, 5.41) is 2.93. The van der Waals surface area contributed by atoms with E-state index in [2.05, 4.69) is 39.2 Å². The molecule has 2 aliphatic heterocycles. The molecule has 1 fully saturated rings. The minimum atomic E-state index is -4.12. The summed E-state index contributed by atoms with van der Waals surface area (Å²) in [6.45, 7) is 9.28. The van der Waals surface area contributed by atoms with Crippen LogP contribution in [0.25, 0.3) is 33.4 Å². The largest absolute Gasteiger partial charge is 0.379 e. The molecule has 5 aromatic rings. The molecular weight excluding hydrogens is 677 g/mol. The van der Waals surface area contributed by atoms with Gasteiger partial charge in [0.05, 0.1) is 23.7 Å². The van der Waals surface area contributed by atoms with E-state index >= 15 is 0 Å². The third-order valence-corrected chi connectivity index (χ3v) is 11.8. The Hall–Kier alpha value is -4.91. The first-order valence-electron chi connectivity index (χ1n) is 17.6. The first kappa shape index (κ1) is 35.5. The Morgan fingerprint density at radius 3 is 2.58 bits per heavy atom. The van der Waals surface area contributed by atoms with Crippen LogP contribution in [-0.4, -0.2) is 91.4 Å². The summed E-state index contributed by atoms with van der Waals surface area (Å²) in [6, 6.07) is 15.3. The quantitative estimate of drug-likeness (QED) is 0.207. The van der Waals surface area contributed by atoms with Crippen LogP contribution in [0.3, 0.4) is 0 Å². The highest BCUT2D eigenvalue weighted by Gasteiger charge is 2.28. The fraction of sp³-hybridized carbons (Fsp3) is 0.350. The predicted molar refractivity (Wildman–Crippen MR) is 200 cm³/mol. The molecule has 0 saturated carbocycles. The van der Waals surface area contributed by atoms with Gasteiger partial charge in [0.2, 0.25) is 15.7 Å². The lowest BCUT2D eigenvalue weighted by molar-refractivity contribution is -0.122. The van der Waals surface area contributed by atoms with Gasteiger partial charge in [0.1, 0.15) is 5.52 Å². The highest BCUT2D eigenvalue weighted by atomic mass is 32.2. The Morgan fingerprint density at radius 1 is 1.02 bits per heavy atom. The molecule has 0 unspecified atom stereocenters. The summed E-state index contributed by atoms with van der Waals surface area (Å²) < 4.78 is 34.4. The SMILES string of the molecule is Cc1ccc(-c2cc(C)c3c(c2)CN(CCC(=O)N[C@@H]2CCOC2)CC3)c(S(=O)(=O)c2cnc3[nH]cc(-c4ccc(C(=O)N(C)C)c(C)c4)c3n2)c1. The Balaban J connectivity index is 1.19. The molecule has 12 heteroatoms. The van der Waals surface area contributed by atoms with E-state index in [1.807, 2.05) is 38.1 Å². The second-order valence-corrected chi connectivity index (χ2v) is 16.0. The van der Waals surface area contributed by atoms with E-state index in [1.54, 1.807) is 32.4 Å². The molecule has 52 heavy (non-hydrogen) atoms. The Labute approximate surface area is 304 Å². The van der Waals surface area contributed by atoms with Crippen LogP contribution < -0.4 is 5.32 Å². The molecule has 11 nitrogen and oxygen atoms in total. The molecule has 0 bridgehead atoms. The average molecular weight is 721 g/mol. The van der Waals surface area contributed by atoms with Crippen molar-refractivity contribution in [1.82, 2.24) is 30.1 Å². The number of nitrogens with zero attached hydrogens (tertiary/aromatic N) is 4. The number of aromatic amines is 1. The maximum absolute atomic E-state index is 14.5. The molecule has 1 saturated heterocycles. The molecule has 7 rings (SSSR count). The fourth-order valence-electron chi connectivity index (χ4n) is 7.27. The molecule has 0 spiro atoms. The van der Waals surface area contributed by atoms with Crippen LogP contribution in [0.2, 0.25) is 0 Å². The number of carbonyl (C=O) groups excluding carboxylic acids is 2. The number of H-pyrrole nitrogens is 1. The smallest absolute Gasteiger partial charge is 0.253 e. The molecule has 0 radical (unpaired) electrons. The zero-order valence-corrected chi connectivity index (χ0v) is 31.1. The van der Waals surface area contributed by atoms with Crippen molar-refractivity contribution in [2.75, 3.05) is 40.4 Å². The Kier molecular flexibility index (Phi) is 9.73. The predicted octanol–water partition coefficient (Wildman–Crippen LogP) is 5.41. The Morgan fingerprint density at radius 2 is 1.83 bits per heavy atom. The number of benzene rings is 3. The highest BCUT2D eigenvalue weighted by Crippen LogP contribution is 2.36. The maximum Gasteiger partial charge on any atom is 0.253 e. The fourth-order valence-corrected chi connectivity index (χ4v) is 8.72. The van der Waals surface area contributed by atoms with Crippen molar-refractivity contribution in [3.63, 3.8) is 0 Å². The van der Waals surface area contributed by atoms with E-state index in [4.69, 9.17) is 9.72 Å². The molecule has 2 aliphatic rings. The van der Waals surface area contributed by atoms with Gasteiger partial charge in [0.25, 0.3) is 5.91 Å². The number of fused-ring (bicyclic) bond motifs is 2. The molecule has 2 N–H and O–H groups in total. The van der Waals surface area contributed by atoms with Gasteiger partial charge in [-0.1, -0.05) is 30.3 Å². The van der Waals surface area contributed by atoms with Crippen molar-refractivity contribution in [3.05, 3.63) is 94.3 Å². The normalized spacial score (nSPS) is 16.2. The van der Waals surface area contributed by atoms with E-state index < -0.39 is 9.84 Å². The summed E-state index contributed by atoms with van der Waals surface area (Å²) >= 11 is 0. The van der Waals surface area contributed by atoms with Gasteiger partial charge in [0, 0.05) is 69.6 Å². The van der Waals surface area contributed by atoms with Crippen LogP contribution in [-0.2, 0) is 32.3 Å². The van der Waals surface area contributed by atoms with Crippen LogP contribution in [0.4, 0.5) is 0 Å². The zero-order chi connectivity index (χ0) is 36.7. The number of aryl methyl sites for hydroxylation is 3. The number of hydrogen-bond donors (Lipinski definition) is 2. The van der Waals surface area contributed by atoms with Crippen LogP contribution >= 0.6 is 0 Å². The van der Waals surface area contributed by atoms with Crippen molar-refractivity contribution < 1.29 is 22.7 Å². The second-order valence-electron chi connectivity index (χ2n) is 14.2. The summed E-state index contributed by atoms with van der Waals surface area (Å²) in [5.41, 5.74) is 9.52. The molecule has 2 aromatic heterocycles. The number of amides is 2. The molecule has 1 atom stereocenters. The van der Waals surface area contributed by atoms with Gasteiger partial charge in [-0.2, -0.15) is 0 Å². The molecule has 270 valence electrons. The minimum Gasteiger partial charge on any atom is -0.379 e. The standard InChI is InChI=1S/C40H44N6O5S/c1-24-6-8-33(28-18-25(2)31-10-13-46(22-29(31)19-28)14-11-36(47)43-30-12-15-51-23-30)35(16-24)52(49,50)37-21-42-39-38(44-37)34(20-41-39)27-7-9-32(26(3)17-27)40(48)45(4)5/h6-9,16-21,30H,10-15,22-23H2,1-5H3,(H,41,42)(H,43,47)/t30-/m1/s1. The summed E-state index contributed by atoms with van der Waals surface area (Å²) in [4.78, 5) is 41.5. The van der Waals surface area contributed by atoms with E-state index in [0.717, 1.165) is 52.8 Å². The number of ether oxygens (including phenoxy) is 1. The number of hydrogen-bond acceptors (Lipinski definition) is 8. The minimum absolute atomic E-state index is 0.0401. The summed E-state index contributed by atoms with van der Waals surface area (Å²) in [6.07, 6.45) is 5.20. The van der Waals surface area contributed by atoms with E-state index in [1.165, 1.54) is 16.7 Å². The van der Waals surface area contributed by atoms with E-state index in [9.17, 15) is 18.0 Å². The number of nitrogens with one attached hydrogen (secondary N) is 2. The number of sulfone groups is 1. The van der Waals surface area contributed by atoms with E-state index in [0.29, 0.717) is 60.6 Å². The molecule has 3 aromatic carbocycles. The van der Waals surface area contributed by atoms with Crippen LogP contribution in [0.1, 0.15) is 51.0 Å². The van der Waals surface area contributed by atoms with Crippen molar-refractivity contribution in [3.8, 4) is 22.3 Å². The molecule has 0 aliphatic carbocycles. The first-order chi connectivity index (χ1) is 24.9. The summed E-state index contributed by atoms with van der Waals surface area (Å²) in [5.74, 6) is -0.0510. The monoisotopic (exact) mass is 720 g/mol. The van der Waals surface area contributed by atoms with Gasteiger partial charge in [0.15, 0.2) is 10.7 Å². The van der Waals surface area contributed by atoms with Gasteiger partial charge >= 0.3 is 0 Å². The lowest BCUT2D eigenvalue weighted by atomic mass is 9.90. The van der Waals surface area contributed by atoms with Crippen molar-refractivity contribution in [2.45, 2.75) is 62.5 Å². The summed E-state index contributed by atoms with van der Waals surface area (Å²) in [7, 11) is -0.691. The van der Waals surface area contributed by atoms with Crippen molar-refractivity contribution >= 4 is 32.8 Å². The third kappa shape index (κ3) is 6.98. The number of carbonyl (C=O) groups is 2. The number of rotatable bonds is 9. The zero-order valence-electron chi connectivity index (χ0n) is 30.2. The van der Waals surface area contributed by atoms with Crippen LogP contribution in [0.5, 0.6) is 0 Å². The maximum atomic E-state index is 14.5. The average Bonchev–Trinajstić information content (AvgIpc) is 3.80. The van der Waals surface area contributed by atoms with Gasteiger partial charge in [-0.3, -0.25) is 14.5 Å². The van der Waals surface area contributed by atoms with Crippen molar-refractivity contribution in [2.24, 2.45) is 0 Å². The lowest BCUT2D eigenvalue weighted by Gasteiger charge is -2.30. The highest BCUT2D eigenvalue weighted by molar-refractivity contribution is 7.91. The van der Waals surface area contributed by atoms with Gasteiger partial charge in [-0.25, -0.2) is 18.4 Å². The van der Waals surface area contributed by atoms with Gasteiger partial charge in [-0.05, 0) is 90.8 Å². The third-order valence-electron chi connectivity index (χ3n) is 10.1. The molecule has 2 amide bonds. The van der Waals surface area contributed by atoms with E-state index in [-0.39, 0.29) is 27.8 Å². The number of aromatic nitrogens is 3.